The van der Waals surface area contributed by atoms with Crippen LogP contribution in [0, 0.1) is 25.2 Å². The first kappa shape index (κ1) is 24.5. The van der Waals surface area contributed by atoms with E-state index < -0.39 is 5.91 Å². The van der Waals surface area contributed by atoms with Crippen molar-refractivity contribution >= 4 is 33.6 Å². The van der Waals surface area contributed by atoms with E-state index in [9.17, 15) is 10.1 Å². The number of nitrogens with zero attached hydrogens (tertiary/aromatic N) is 1. The number of amides is 1. The summed E-state index contributed by atoms with van der Waals surface area (Å²) in [5.41, 5.74) is 3.40. The van der Waals surface area contributed by atoms with E-state index in [0.717, 1.165) is 24.0 Å². The third kappa shape index (κ3) is 6.86. The van der Waals surface area contributed by atoms with Crippen LogP contribution in [-0.2, 0) is 4.79 Å². The van der Waals surface area contributed by atoms with Crippen molar-refractivity contribution in [1.82, 2.24) is 0 Å². The predicted octanol–water partition coefficient (Wildman–Crippen LogP) is 6.58. The quantitative estimate of drug-likeness (QED) is 0.235. The summed E-state index contributed by atoms with van der Waals surface area (Å²) in [6.45, 7) is 6.68. The molecule has 164 valence electrons. The molecule has 0 fully saturated rings. The summed E-state index contributed by atoms with van der Waals surface area (Å²) < 4.78 is 12.1. The lowest BCUT2D eigenvalue weighted by Gasteiger charge is -2.14. The zero-order chi connectivity index (χ0) is 22.8. The molecule has 0 saturated heterocycles. The maximum absolute atomic E-state index is 12.7. The SMILES string of the molecule is CCCCCCOc1c(Br)cc(/C=C(/C#N)C(=O)Nc2cccc(C)c2C)cc1OC. The number of anilines is 1. The number of rotatable bonds is 10. The lowest BCUT2D eigenvalue weighted by molar-refractivity contribution is -0.112. The number of benzene rings is 2. The van der Waals surface area contributed by atoms with E-state index in [2.05, 4.69) is 28.2 Å². The van der Waals surface area contributed by atoms with Crippen LogP contribution in [0.2, 0.25) is 0 Å². The lowest BCUT2D eigenvalue weighted by atomic mass is 10.1. The highest BCUT2D eigenvalue weighted by atomic mass is 79.9. The third-order valence-corrected chi connectivity index (χ3v) is 5.61. The molecule has 0 aliphatic heterocycles. The van der Waals surface area contributed by atoms with Crippen LogP contribution in [0.3, 0.4) is 0 Å². The number of ether oxygens (including phenoxy) is 2. The molecule has 0 aliphatic rings. The summed E-state index contributed by atoms with van der Waals surface area (Å²) >= 11 is 3.52. The monoisotopic (exact) mass is 484 g/mol. The van der Waals surface area contributed by atoms with Crippen molar-refractivity contribution in [2.24, 2.45) is 0 Å². The third-order valence-electron chi connectivity index (χ3n) is 5.02. The Labute approximate surface area is 193 Å². The molecule has 0 bridgehead atoms. The van der Waals surface area contributed by atoms with Crippen molar-refractivity contribution in [3.05, 3.63) is 57.1 Å². The summed E-state index contributed by atoms with van der Waals surface area (Å²) in [5.74, 6) is 0.709. The molecular weight excluding hydrogens is 456 g/mol. The average Bonchev–Trinajstić information content (AvgIpc) is 2.75. The molecule has 0 saturated carbocycles. The molecule has 0 spiro atoms. The molecule has 31 heavy (non-hydrogen) atoms. The van der Waals surface area contributed by atoms with Crippen LogP contribution in [0.15, 0.2) is 40.4 Å². The minimum absolute atomic E-state index is 0.00286. The molecule has 1 N–H and O–H groups in total. The first-order valence-electron chi connectivity index (χ1n) is 10.4. The first-order chi connectivity index (χ1) is 14.9. The maximum Gasteiger partial charge on any atom is 0.266 e. The van der Waals surface area contributed by atoms with Gasteiger partial charge in [-0.15, -0.1) is 0 Å². The number of methoxy groups -OCH3 is 1. The van der Waals surface area contributed by atoms with Crippen LogP contribution < -0.4 is 14.8 Å². The largest absolute Gasteiger partial charge is 0.493 e. The van der Waals surface area contributed by atoms with Crippen molar-refractivity contribution < 1.29 is 14.3 Å². The van der Waals surface area contributed by atoms with Crippen molar-refractivity contribution in [3.8, 4) is 17.6 Å². The molecule has 0 heterocycles. The minimum Gasteiger partial charge on any atom is -0.493 e. The van der Waals surface area contributed by atoms with Gasteiger partial charge in [0, 0.05) is 5.69 Å². The number of aryl methyl sites for hydroxylation is 1. The Hall–Kier alpha value is -2.78. The van der Waals surface area contributed by atoms with Gasteiger partial charge in [0.05, 0.1) is 18.2 Å². The standard InChI is InChI=1S/C25H29BrN2O3/c1-5-6-7-8-12-31-24-21(26)14-19(15-23(24)30-4)13-20(16-27)25(29)28-22-11-9-10-17(2)18(22)3/h9-11,13-15H,5-8,12H2,1-4H3,(H,28,29)/b20-13-. The van der Waals surface area contributed by atoms with E-state index in [4.69, 9.17) is 9.47 Å². The number of carbonyl (C=O) groups excluding carboxylic acids is 1. The maximum atomic E-state index is 12.7. The topological polar surface area (TPSA) is 71.3 Å². The first-order valence-corrected chi connectivity index (χ1v) is 11.2. The van der Waals surface area contributed by atoms with E-state index in [-0.39, 0.29) is 5.57 Å². The Morgan fingerprint density at radius 1 is 1.23 bits per heavy atom. The van der Waals surface area contributed by atoms with Crippen molar-refractivity contribution in [3.63, 3.8) is 0 Å². The minimum atomic E-state index is -0.456. The lowest BCUT2D eigenvalue weighted by Crippen LogP contribution is -2.14. The van der Waals surface area contributed by atoms with Crippen LogP contribution in [0.25, 0.3) is 6.08 Å². The fourth-order valence-corrected chi connectivity index (χ4v) is 3.63. The van der Waals surface area contributed by atoms with Gasteiger partial charge < -0.3 is 14.8 Å². The zero-order valence-electron chi connectivity index (χ0n) is 18.5. The zero-order valence-corrected chi connectivity index (χ0v) is 20.1. The van der Waals surface area contributed by atoms with Gasteiger partial charge in [0.25, 0.3) is 5.91 Å². The number of halogens is 1. The van der Waals surface area contributed by atoms with E-state index in [0.29, 0.717) is 33.8 Å². The second-order valence-corrected chi connectivity index (χ2v) is 8.17. The van der Waals surface area contributed by atoms with Gasteiger partial charge >= 0.3 is 0 Å². The van der Waals surface area contributed by atoms with Crippen LogP contribution in [0.5, 0.6) is 11.5 Å². The predicted molar refractivity (Wildman–Crippen MR) is 128 cm³/mol. The molecular formula is C25H29BrN2O3. The number of nitriles is 1. The molecule has 5 nitrogen and oxygen atoms in total. The van der Waals surface area contributed by atoms with Gasteiger partial charge in [-0.2, -0.15) is 5.26 Å². The van der Waals surface area contributed by atoms with Gasteiger partial charge in [-0.1, -0.05) is 38.3 Å². The highest BCUT2D eigenvalue weighted by Gasteiger charge is 2.15. The Bertz CT molecular complexity index is 993. The Morgan fingerprint density at radius 2 is 2.00 bits per heavy atom. The molecule has 0 atom stereocenters. The average molecular weight is 485 g/mol. The van der Waals surface area contributed by atoms with E-state index >= 15 is 0 Å². The molecule has 2 rings (SSSR count). The summed E-state index contributed by atoms with van der Waals surface area (Å²) in [7, 11) is 1.57. The number of unbranched alkanes of at least 4 members (excludes halogenated alkanes) is 3. The molecule has 6 heteroatoms. The molecule has 2 aromatic carbocycles. The normalized spacial score (nSPS) is 11.0. The van der Waals surface area contributed by atoms with Gasteiger partial charge in [-0.25, -0.2) is 0 Å². The molecule has 0 aliphatic carbocycles. The van der Waals surface area contributed by atoms with Gasteiger partial charge in [0.2, 0.25) is 0 Å². The van der Waals surface area contributed by atoms with Crippen LogP contribution >= 0.6 is 15.9 Å². The molecule has 0 radical (unpaired) electrons. The number of carbonyl (C=O) groups is 1. The van der Waals surface area contributed by atoms with Gasteiger partial charge in [-0.3, -0.25) is 4.79 Å². The van der Waals surface area contributed by atoms with E-state index in [1.807, 2.05) is 44.2 Å². The number of hydrogen-bond donors (Lipinski definition) is 1. The summed E-state index contributed by atoms with van der Waals surface area (Å²) in [4.78, 5) is 12.7. The Kier molecular flexibility index (Phi) is 9.61. The van der Waals surface area contributed by atoms with Gasteiger partial charge in [-0.05, 0) is 77.2 Å². The van der Waals surface area contributed by atoms with Gasteiger partial charge in [0.1, 0.15) is 11.6 Å². The summed E-state index contributed by atoms with van der Waals surface area (Å²) in [6.07, 6.45) is 6.00. The fraction of sp³-hybridized carbons (Fsp3) is 0.360. The van der Waals surface area contributed by atoms with Crippen LogP contribution in [0.1, 0.15) is 49.3 Å². The fourth-order valence-electron chi connectivity index (χ4n) is 3.06. The summed E-state index contributed by atoms with van der Waals surface area (Å²) in [5, 5.41) is 12.4. The second kappa shape index (κ2) is 12.2. The number of nitrogens with one attached hydrogen (secondary N) is 1. The van der Waals surface area contributed by atoms with Crippen molar-refractivity contribution in [2.75, 3.05) is 19.0 Å². The molecule has 0 aromatic heterocycles. The molecule has 2 aromatic rings. The molecule has 0 unspecified atom stereocenters. The second-order valence-electron chi connectivity index (χ2n) is 7.31. The highest BCUT2D eigenvalue weighted by molar-refractivity contribution is 9.10. The van der Waals surface area contributed by atoms with E-state index in [1.165, 1.54) is 12.8 Å². The molecule has 1 amide bonds. The number of hydrogen-bond acceptors (Lipinski definition) is 4. The van der Waals surface area contributed by atoms with Crippen molar-refractivity contribution in [1.29, 1.82) is 5.26 Å². The van der Waals surface area contributed by atoms with Crippen LogP contribution in [-0.4, -0.2) is 19.6 Å². The van der Waals surface area contributed by atoms with Crippen molar-refractivity contribution in [2.45, 2.75) is 46.5 Å². The Morgan fingerprint density at radius 3 is 2.68 bits per heavy atom. The smallest absolute Gasteiger partial charge is 0.266 e. The summed E-state index contributed by atoms with van der Waals surface area (Å²) in [6, 6.07) is 11.2. The Balaban J connectivity index is 2.21. The van der Waals surface area contributed by atoms with E-state index in [1.54, 1.807) is 19.3 Å². The highest BCUT2D eigenvalue weighted by Crippen LogP contribution is 2.37. The van der Waals surface area contributed by atoms with Crippen LogP contribution in [0.4, 0.5) is 5.69 Å². The van der Waals surface area contributed by atoms with Gasteiger partial charge in [0.15, 0.2) is 11.5 Å².